The number of likely N-dealkylation sites (tertiary alicyclic amines) is 1. The molecule has 210 valence electrons. The molecular formula is C32H37N3O5. The number of amides is 3. The average molecular weight is 544 g/mol. The number of methoxy groups -OCH3 is 1. The fraction of sp³-hybridized carbons (Fsp3) is 0.469. The van der Waals surface area contributed by atoms with E-state index in [0.29, 0.717) is 23.3 Å². The van der Waals surface area contributed by atoms with E-state index in [4.69, 9.17) is 9.47 Å². The Bertz CT molecular complexity index is 1310. The molecule has 8 atom stereocenters. The van der Waals surface area contributed by atoms with Gasteiger partial charge in [0.1, 0.15) is 17.4 Å². The maximum absolute atomic E-state index is 14.2. The van der Waals surface area contributed by atoms with Gasteiger partial charge in [0.25, 0.3) is 0 Å². The average Bonchev–Trinajstić information content (AvgIpc) is 3.60. The first kappa shape index (κ1) is 26.6. The third kappa shape index (κ3) is 4.38. The van der Waals surface area contributed by atoms with E-state index in [2.05, 4.69) is 24.5 Å². The van der Waals surface area contributed by atoms with Crippen LogP contribution in [0.3, 0.4) is 0 Å². The lowest BCUT2D eigenvalue weighted by Crippen LogP contribution is -2.57. The SMILES string of the molecule is COc1ccc(NC(=O)[C@@H]2[C@@H]3C=C[C@]4(O3)[C@@H]2C(=O)N(Cc2ccccc2)[C@H]4C(=O)N[C@@H]2CCC[C@H](C)[C@@H]2C)cc1. The van der Waals surface area contributed by atoms with Crippen molar-refractivity contribution in [3.63, 3.8) is 0 Å². The second-order valence-electron chi connectivity index (χ2n) is 11.8. The maximum atomic E-state index is 14.2. The van der Waals surface area contributed by atoms with Crippen LogP contribution in [0.2, 0.25) is 0 Å². The number of nitrogens with one attached hydrogen (secondary N) is 2. The lowest BCUT2D eigenvalue weighted by atomic mass is 9.73. The second kappa shape index (κ2) is 10.4. The largest absolute Gasteiger partial charge is 0.497 e. The van der Waals surface area contributed by atoms with Gasteiger partial charge in [0, 0.05) is 18.3 Å². The minimum absolute atomic E-state index is 0.0390. The van der Waals surface area contributed by atoms with Gasteiger partial charge >= 0.3 is 0 Å². The highest BCUT2D eigenvalue weighted by Gasteiger charge is 2.72. The summed E-state index contributed by atoms with van der Waals surface area (Å²) in [6, 6.07) is 15.9. The quantitative estimate of drug-likeness (QED) is 0.516. The number of carbonyl (C=O) groups excluding carboxylic acids is 3. The maximum Gasteiger partial charge on any atom is 0.246 e. The van der Waals surface area contributed by atoms with Crippen LogP contribution in [0, 0.1) is 23.7 Å². The molecule has 2 bridgehead atoms. The Morgan fingerprint density at radius 2 is 1.80 bits per heavy atom. The number of anilines is 1. The minimum Gasteiger partial charge on any atom is -0.497 e. The molecule has 8 heteroatoms. The number of nitrogens with zero attached hydrogens (tertiary/aromatic N) is 1. The first-order valence-electron chi connectivity index (χ1n) is 14.3. The highest BCUT2D eigenvalue weighted by Crippen LogP contribution is 2.55. The van der Waals surface area contributed by atoms with E-state index in [0.717, 1.165) is 24.8 Å². The molecule has 1 saturated carbocycles. The number of rotatable bonds is 7. The number of hydrogen-bond acceptors (Lipinski definition) is 5. The van der Waals surface area contributed by atoms with Crippen LogP contribution in [0.1, 0.15) is 38.7 Å². The fourth-order valence-corrected chi connectivity index (χ4v) is 7.17. The Kier molecular flexibility index (Phi) is 6.90. The summed E-state index contributed by atoms with van der Waals surface area (Å²) in [5, 5.41) is 6.26. The summed E-state index contributed by atoms with van der Waals surface area (Å²) in [6.07, 6.45) is 6.27. The topological polar surface area (TPSA) is 97.0 Å². The Balaban J connectivity index is 1.31. The molecule has 1 aliphatic carbocycles. The molecule has 8 nitrogen and oxygen atoms in total. The Hall–Kier alpha value is -3.65. The lowest BCUT2D eigenvalue weighted by molar-refractivity contribution is -0.142. The van der Waals surface area contributed by atoms with Crippen molar-refractivity contribution < 1.29 is 23.9 Å². The van der Waals surface area contributed by atoms with E-state index in [-0.39, 0.29) is 30.3 Å². The molecule has 0 radical (unpaired) electrons. The minimum atomic E-state index is -1.19. The summed E-state index contributed by atoms with van der Waals surface area (Å²) in [4.78, 5) is 43.6. The van der Waals surface area contributed by atoms with Crippen molar-refractivity contribution in [1.82, 2.24) is 10.2 Å². The van der Waals surface area contributed by atoms with Crippen molar-refractivity contribution in [2.45, 2.75) is 63.4 Å². The number of fused-ring (bicyclic) bond motifs is 1. The predicted molar refractivity (Wildman–Crippen MR) is 150 cm³/mol. The summed E-state index contributed by atoms with van der Waals surface area (Å²) in [5.41, 5.74) is 0.335. The van der Waals surface area contributed by atoms with E-state index in [1.165, 1.54) is 0 Å². The van der Waals surface area contributed by atoms with Crippen LogP contribution in [0.15, 0.2) is 66.7 Å². The molecule has 2 N–H and O–H groups in total. The van der Waals surface area contributed by atoms with Gasteiger partial charge in [-0.2, -0.15) is 0 Å². The zero-order valence-corrected chi connectivity index (χ0v) is 23.2. The van der Waals surface area contributed by atoms with Crippen LogP contribution in [0.25, 0.3) is 0 Å². The standard InChI is InChI=1S/C32H37N3O5/c1-19-8-7-11-24(20(19)2)34-30(37)28-32-17-16-25(40-32)26(29(36)33-22-12-14-23(39-3)15-13-22)27(32)31(38)35(28)18-21-9-5-4-6-10-21/h4-6,9-10,12-17,19-20,24-28H,7-8,11,18H2,1-3H3,(H,33,36)(H,34,37)/t19-,20-,24+,25-,26+,27-,28-,32-/m0/s1. The molecular weight excluding hydrogens is 506 g/mol. The molecule has 2 aromatic carbocycles. The van der Waals surface area contributed by atoms with Gasteiger partial charge < -0.3 is 25.0 Å². The second-order valence-corrected chi connectivity index (χ2v) is 11.8. The van der Waals surface area contributed by atoms with E-state index in [1.54, 1.807) is 36.3 Å². The highest BCUT2D eigenvalue weighted by atomic mass is 16.5. The van der Waals surface area contributed by atoms with Crippen LogP contribution < -0.4 is 15.4 Å². The lowest BCUT2D eigenvalue weighted by Gasteiger charge is -2.38. The molecule has 3 heterocycles. The third-order valence-corrected chi connectivity index (χ3v) is 9.51. The Labute approximate surface area is 235 Å². The van der Waals surface area contributed by atoms with E-state index >= 15 is 0 Å². The van der Waals surface area contributed by atoms with Gasteiger partial charge in [-0.3, -0.25) is 14.4 Å². The van der Waals surface area contributed by atoms with Crippen molar-refractivity contribution in [1.29, 1.82) is 0 Å². The van der Waals surface area contributed by atoms with Crippen LogP contribution in [0.4, 0.5) is 5.69 Å². The number of benzene rings is 2. The van der Waals surface area contributed by atoms with Crippen molar-refractivity contribution in [2.24, 2.45) is 23.7 Å². The summed E-state index contributed by atoms with van der Waals surface area (Å²) < 4.78 is 11.7. The molecule has 40 heavy (non-hydrogen) atoms. The van der Waals surface area contributed by atoms with Gasteiger partial charge in [0.2, 0.25) is 17.7 Å². The Morgan fingerprint density at radius 1 is 1.05 bits per heavy atom. The molecule has 3 amide bonds. The van der Waals surface area contributed by atoms with Gasteiger partial charge in [-0.15, -0.1) is 0 Å². The summed E-state index contributed by atoms with van der Waals surface area (Å²) in [5.74, 6) is -0.733. The van der Waals surface area contributed by atoms with Gasteiger partial charge in [-0.1, -0.05) is 69.2 Å². The molecule has 4 aliphatic rings. The zero-order valence-electron chi connectivity index (χ0n) is 23.2. The molecule has 6 rings (SSSR count). The van der Waals surface area contributed by atoms with E-state index in [9.17, 15) is 14.4 Å². The third-order valence-electron chi connectivity index (χ3n) is 9.51. The van der Waals surface area contributed by atoms with Crippen molar-refractivity contribution in [2.75, 3.05) is 12.4 Å². The zero-order chi connectivity index (χ0) is 28.0. The van der Waals surface area contributed by atoms with Crippen molar-refractivity contribution >= 4 is 23.4 Å². The molecule has 3 aliphatic heterocycles. The molecule has 2 aromatic rings. The van der Waals surface area contributed by atoms with Crippen LogP contribution >= 0.6 is 0 Å². The first-order chi connectivity index (χ1) is 19.3. The van der Waals surface area contributed by atoms with Crippen LogP contribution in [-0.2, 0) is 25.7 Å². The van der Waals surface area contributed by atoms with Crippen LogP contribution in [0.5, 0.6) is 5.75 Å². The van der Waals surface area contributed by atoms with Crippen molar-refractivity contribution in [3.8, 4) is 5.75 Å². The first-order valence-corrected chi connectivity index (χ1v) is 14.3. The van der Waals surface area contributed by atoms with Crippen LogP contribution in [-0.4, -0.2) is 53.5 Å². The number of ether oxygens (including phenoxy) is 2. The van der Waals surface area contributed by atoms with Crippen molar-refractivity contribution in [3.05, 3.63) is 72.3 Å². The van der Waals surface area contributed by atoms with Gasteiger partial charge in [-0.25, -0.2) is 0 Å². The summed E-state index contributed by atoms with van der Waals surface area (Å²) in [6.45, 7) is 4.69. The Morgan fingerprint density at radius 3 is 2.52 bits per heavy atom. The summed E-state index contributed by atoms with van der Waals surface area (Å²) in [7, 11) is 1.58. The monoisotopic (exact) mass is 543 g/mol. The van der Waals surface area contributed by atoms with Gasteiger partial charge in [0.15, 0.2) is 0 Å². The van der Waals surface area contributed by atoms with Gasteiger partial charge in [0.05, 0.1) is 25.0 Å². The molecule has 2 saturated heterocycles. The number of carbonyl (C=O) groups is 3. The normalized spacial score (nSPS) is 34.0. The molecule has 0 unspecified atom stereocenters. The van der Waals surface area contributed by atoms with Gasteiger partial charge in [-0.05, 0) is 48.1 Å². The molecule has 0 aromatic heterocycles. The number of hydrogen-bond donors (Lipinski definition) is 2. The fourth-order valence-electron chi connectivity index (χ4n) is 7.17. The smallest absolute Gasteiger partial charge is 0.246 e. The van der Waals surface area contributed by atoms with E-state index < -0.39 is 29.6 Å². The van der Waals surface area contributed by atoms with E-state index in [1.807, 2.05) is 42.5 Å². The predicted octanol–water partition coefficient (Wildman–Crippen LogP) is 3.93. The molecule has 3 fully saturated rings. The molecule has 1 spiro atoms. The summed E-state index contributed by atoms with van der Waals surface area (Å²) >= 11 is 0. The highest BCUT2D eigenvalue weighted by molar-refractivity contribution is 6.02.